The van der Waals surface area contributed by atoms with Gasteiger partial charge in [0.05, 0.1) is 11.4 Å². The highest BCUT2D eigenvalue weighted by atomic mass is 15.3. The zero-order valence-corrected chi connectivity index (χ0v) is 11.0. The van der Waals surface area contributed by atoms with E-state index in [4.69, 9.17) is 16.6 Å². The number of rotatable bonds is 3. The van der Waals surface area contributed by atoms with Gasteiger partial charge in [-0.05, 0) is 24.5 Å². The molecular formula is C15H20N4. The van der Waals surface area contributed by atoms with Crippen molar-refractivity contribution >= 4 is 5.82 Å². The van der Waals surface area contributed by atoms with Gasteiger partial charge in [0.2, 0.25) is 0 Å². The molecule has 4 N–H and O–H groups in total. The summed E-state index contributed by atoms with van der Waals surface area (Å²) in [5, 5.41) is 4.71. The molecule has 4 nitrogen and oxygen atoms in total. The number of hydrogen-bond acceptors (Lipinski definition) is 3. The lowest BCUT2D eigenvalue weighted by molar-refractivity contribution is 0.678. The van der Waals surface area contributed by atoms with Gasteiger partial charge in [-0.25, -0.2) is 4.68 Å². The SMILES string of the molecule is NCc1ccccc1-n1nc(C2CCCC2)cc1N. The number of nitrogens with two attached hydrogens (primary N) is 2. The van der Waals surface area contributed by atoms with Crippen LogP contribution in [0.25, 0.3) is 5.69 Å². The van der Waals surface area contributed by atoms with Gasteiger partial charge < -0.3 is 11.5 Å². The number of benzene rings is 1. The van der Waals surface area contributed by atoms with E-state index in [0.29, 0.717) is 18.3 Å². The molecule has 0 atom stereocenters. The maximum atomic E-state index is 6.12. The fourth-order valence-electron chi connectivity index (χ4n) is 2.92. The molecular weight excluding hydrogens is 236 g/mol. The molecule has 1 saturated carbocycles. The minimum atomic E-state index is 0.494. The van der Waals surface area contributed by atoms with Gasteiger partial charge in [-0.2, -0.15) is 5.10 Å². The highest BCUT2D eigenvalue weighted by molar-refractivity contribution is 5.48. The zero-order valence-electron chi connectivity index (χ0n) is 11.0. The third-order valence-electron chi connectivity index (χ3n) is 3.97. The summed E-state index contributed by atoms with van der Waals surface area (Å²) in [5.74, 6) is 1.27. The van der Waals surface area contributed by atoms with Gasteiger partial charge in [0.1, 0.15) is 5.82 Å². The summed E-state index contributed by atoms with van der Waals surface area (Å²) >= 11 is 0. The normalized spacial score (nSPS) is 16.1. The summed E-state index contributed by atoms with van der Waals surface area (Å²) in [5.41, 5.74) is 15.1. The number of aromatic nitrogens is 2. The van der Waals surface area contributed by atoms with Crippen molar-refractivity contribution in [1.82, 2.24) is 9.78 Å². The van der Waals surface area contributed by atoms with Crippen LogP contribution < -0.4 is 11.5 Å². The summed E-state index contributed by atoms with van der Waals surface area (Å²) in [6.45, 7) is 0.494. The molecule has 2 aromatic rings. The summed E-state index contributed by atoms with van der Waals surface area (Å²) < 4.78 is 1.83. The fourth-order valence-corrected chi connectivity index (χ4v) is 2.92. The number of nitrogen functional groups attached to an aromatic ring is 1. The fraction of sp³-hybridized carbons (Fsp3) is 0.400. The largest absolute Gasteiger partial charge is 0.384 e. The third-order valence-corrected chi connectivity index (χ3v) is 3.97. The van der Waals surface area contributed by atoms with Crippen molar-refractivity contribution in [2.24, 2.45) is 5.73 Å². The van der Waals surface area contributed by atoms with Crippen LogP contribution in [0.5, 0.6) is 0 Å². The van der Waals surface area contributed by atoms with Gasteiger partial charge >= 0.3 is 0 Å². The van der Waals surface area contributed by atoms with E-state index < -0.39 is 0 Å². The van der Waals surface area contributed by atoms with Crippen LogP contribution in [0.4, 0.5) is 5.82 Å². The van der Waals surface area contributed by atoms with Crippen molar-refractivity contribution in [3.8, 4) is 5.69 Å². The third kappa shape index (κ3) is 2.24. The summed E-state index contributed by atoms with van der Waals surface area (Å²) in [4.78, 5) is 0. The topological polar surface area (TPSA) is 69.9 Å². The average molecular weight is 256 g/mol. The second-order valence-electron chi connectivity index (χ2n) is 5.22. The molecule has 1 heterocycles. The van der Waals surface area contributed by atoms with Crippen molar-refractivity contribution in [3.05, 3.63) is 41.6 Å². The van der Waals surface area contributed by atoms with Crippen LogP contribution in [-0.2, 0) is 6.54 Å². The first-order valence-electron chi connectivity index (χ1n) is 6.93. The van der Waals surface area contributed by atoms with E-state index in [0.717, 1.165) is 16.9 Å². The Morgan fingerprint density at radius 2 is 1.95 bits per heavy atom. The van der Waals surface area contributed by atoms with Gasteiger partial charge in [0.15, 0.2) is 0 Å². The molecule has 0 radical (unpaired) electrons. The quantitative estimate of drug-likeness (QED) is 0.886. The highest BCUT2D eigenvalue weighted by Gasteiger charge is 2.21. The first-order chi connectivity index (χ1) is 9.29. The summed E-state index contributed by atoms with van der Waals surface area (Å²) in [7, 11) is 0. The molecule has 1 aliphatic carbocycles. The molecule has 1 aromatic heterocycles. The molecule has 0 bridgehead atoms. The van der Waals surface area contributed by atoms with Crippen LogP contribution >= 0.6 is 0 Å². The van der Waals surface area contributed by atoms with Gasteiger partial charge in [0, 0.05) is 18.5 Å². The average Bonchev–Trinajstić information content (AvgIpc) is 3.07. The number of anilines is 1. The van der Waals surface area contributed by atoms with Crippen molar-refractivity contribution in [3.63, 3.8) is 0 Å². The predicted molar refractivity (Wildman–Crippen MR) is 77.1 cm³/mol. The van der Waals surface area contributed by atoms with E-state index >= 15 is 0 Å². The van der Waals surface area contributed by atoms with E-state index in [1.54, 1.807) is 0 Å². The standard InChI is InChI=1S/C15H20N4/c16-10-12-7-3-4-8-14(12)19-15(17)9-13(18-19)11-5-1-2-6-11/h3-4,7-9,11H,1-2,5-6,10,16-17H2. The minimum Gasteiger partial charge on any atom is -0.384 e. The second-order valence-corrected chi connectivity index (χ2v) is 5.22. The Morgan fingerprint density at radius 3 is 2.68 bits per heavy atom. The first kappa shape index (κ1) is 12.2. The Labute approximate surface area is 113 Å². The van der Waals surface area contributed by atoms with Crippen LogP contribution in [0.2, 0.25) is 0 Å². The molecule has 19 heavy (non-hydrogen) atoms. The molecule has 4 heteroatoms. The first-order valence-corrected chi connectivity index (χ1v) is 6.93. The molecule has 0 saturated heterocycles. The molecule has 100 valence electrons. The lowest BCUT2D eigenvalue weighted by atomic mass is 10.1. The van der Waals surface area contributed by atoms with E-state index in [1.165, 1.54) is 25.7 Å². The van der Waals surface area contributed by atoms with Crippen molar-refractivity contribution in [1.29, 1.82) is 0 Å². The van der Waals surface area contributed by atoms with Crippen molar-refractivity contribution in [2.45, 2.75) is 38.1 Å². The van der Waals surface area contributed by atoms with Gasteiger partial charge in [0.25, 0.3) is 0 Å². The van der Waals surface area contributed by atoms with E-state index in [9.17, 15) is 0 Å². The van der Waals surface area contributed by atoms with Crippen LogP contribution in [-0.4, -0.2) is 9.78 Å². The second kappa shape index (κ2) is 5.05. The molecule has 0 amide bonds. The van der Waals surface area contributed by atoms with Crippen LogP contribution in [0.1, 0.15) is 42.9 Å². The zero-order chi connectivity index (χ0) is 13.2. The van der Waals surface area contributed by atoms with E-state index in [1.807, 2.05) is 35.0 Å². The molecule has 1 aliphatic rings. The lowest BCUT2D eigenvalue weighted by Gasteiger charge is -2.09. The summed E-state index contributed by atoms with van der Waals surface area (Å²) in [6.07, 6.45) is 5.07. The summed E-state index contributed by atoms with van der Waals surface area (Å²) in [6, 6.07) is 10.0. The van der Waals surface area contributed by atoms with Crippen molar-refractivity contribution < 1.29 is 0 Å². The maximum Gasteiger partial charge on any atom is 0.127 e. The predicted octanol–water partition coefficient (Wildman–Crippen LogP) is 2.57. The number of hydrogen-bond donors (Lipinski definition) is 2. The Balaban J connectivity index is 2.00. The number of nitrogens with zero attached hydrogens (tertiary/aromatic N) is 2. The minimum absolute atomic E-state index is 0.494. The maximum absolute atomic E-state index is 6.12. The monoisotopic (exact) mass is 256 g/mol. The van der Waals surface area contributed by atoms with Crippen molar-refractivity contribution in [2.75, 3.05) is 5.73 Å². The molecule has 1 aromatic carbocycles. The number of para-hydroxylation sites is 1. The molecule has 1 fully saturated rings. The van der Waals surface area contributed by atoms with Crippen LogP contribution in [0, 0.1) is 0 Å². The molecule has 0 spiro atoms. The molecule has 0 unspecified atom stereocenters. The Bertz CT molecular complexity index is 567. The van der Waals surface area contributed by atoms with Gasteiger partial charge in [-0.3, -0.25) is 0 Å². The highest BCUT2D eigenvalue weighted by Crippen LogP contribution is 2.34. The Morgan fingerprint density at radius 1 is 1.21 bits per heavy atom. The van der Waals surface area contributed by atoms with E-state index in [2.05, 4.69) is 0 Å². The molecule has 0 aliphatic heterocycles. The smallest absolute Gasteiger partial charge is 0.127 e. The lowest BCUT2D eigenvalue weighted by Crippen LogP contribution is -2.08. The Kier molecular flexibility index (Phi) is 3.25. The van der Waals surface area contributed by atoms with Gasteiger partial charge in [-0.15, -0.1) is 0 Å². The van der Waals surface area contributed by atoms with E-state index in [-0.39, 0.29) is 0 Å². The van der Waals surface area contributed by atoms with Gasteiger partial charge in [-0.1, -0.05) is 31.0 Å². The van der Waals surface area contributed by atoms with Crippen LogP contribution in [0.3, 0.4) is 0 Å². The Hall–Kier alpha value is -1.81. The molecule has 3 rings (SSSR count). The van der Waals surface area contributed by atoms with Crippen LogP contribution in [0.15, 0.2) is 30.3 Å².